The first kappa shape index (κ1) is 12.5. The molecule has 1 aliphatic rings. The van der Waals surface area contributed by atoms with Crippen molar-refractivity contribution in [2.24, 2.45) is 5.92 Å². The summed E-state index contributed by atoms with van der Waals surface area (Å²) in [6, 6.07) is -0.344. The smallest absolute Gasteiger partial charge is 0.320 e. The summed E-state index contributed by atoms with van der Waals surface area (Å²) in [6.45, 7) is 5.62. The van der Waals surface area contributed by atoms with E-state index in [4.69, 9.17) is 0 Å². The molecule has 1 saturated heterocycles. The molecule has 0 aromatic carbocycles. The van der Waals surface area contributed by atoms with Gasteiger partial charge in [0.15, 0.2) is 0 Å². The van der Waals surface area contributed by atoms with Gasteiger partial charge in [0.05, 0.1) is 6.54 Å². The molecule has 0 bridgehead atoms. The summed E-state index contributed by atoms with van der Waals surface area (Å²) in [5.74, 6) is -0.199. The SMILES string of the molecule is Cc1csc(CN2CCC(C)CC2C(=O)O)n1. The minimum Gasteiger partial charge on any atom is -0.480 e. The van der Waals surface area contributed by atoms with Crippen molar-refractivity contribution in [3.05, 3.63) is 16.1 Å². The van der Waals surface area contributed by atoms with Gasteiger partial charge in [0, 0.05) is 11.1 Å². The molecule has 4 nitrogen and oxygen atoms in total. The molecule has 1 N–H and O–H groups in total. The van der Waals surface area contributed by atoms with E-state index in [9.17, 15) is 9.90 Å². The van der Waals surface area contributed by atoms with E-state index in [2.05, 4.69) is 11.9 Å². The fraction of sp³-hybridized carbons (Fsp3) is 0.667. The molecule has 2 unspecified atom stereocenters. The number of piperidine rings is 1. The average molecular weight is 254 g/mol. The molecule has 1 fully saturated rings. The summed E-state index contributed by atoms with van der Waals surface area (Å²) in [7, 11) is 0. The van der Waals surface area contributed by atoms with Crippen LogP contribution in [0, 0.1) is 12.8 Å². The molecule has 2 rings (SSSR count). The van der Waals surface area contributed by atoms with E-state index in [0.717, 1.165) is 30.1 Å². The van der Waals surface area contributed by atoms with Crippen molar-refractivity contribution in [2.75, 3.05) is 6.54 Å². The van der Waals surface area contributed by atoms with Crippen LogP contribution in [0.2, 0.25) is 0 Å². The van der Waals surface area contributed by atoms with Gasteiger partial charge in [-0.2, -0.15) is 0 Å². The van der Waals surface area contributed by atoms with Crippen molar-refractivity contribution in [1.82, 2.24) is 9.88 Å². The van der Waals surface area contributed by atoms with Crippen LogP contribution >= 0.6 is 11.3 Å². The second-order valence-corrected chi connectivity index (χ2v) is 5.78. The van der Waals surface area contributed by atoms with Crippen LogP contribution in [0.4, 0.5) is 0 Å². The number of aromatic nitrogens is 1. The average Bonchev–Trinajstić information content (AvgIpc) is 2.66. The first-order valence-electron chi connectivity index (χ1n) is 5.94. The highest BCUT2D eigenvalue weighted by molar-refractivity contribution is 7.09. The second kappa shape index (κ2) is 5.14. The fourth-order valence-electron chi connectivity index (χ4n) is 2.29. The van der Waals surface area contributed by atoms with Crippen LogP contribution in [0.1, 0.15) is 30.5 Å². The van der Waals surface area contributed by atoms with Gasteiger partial charge in [-0.25, -0.2) is 4.98 Å². The third kappa shape index (κ3) is 3.04. The predicted molar refractivity (Wildman–Crippen MR) is 67.1 cm³/mol. The molecule has 0 amide bonds. The highest BCUT2D eigenvalue weighted by Crippen LogP contribution is 2.25. The van der Waals surface area contributed by atoms with Gasteiger partial charge in [-0.1, -0.05) is 6.92 Å². The number of hydrogen-bond donors (Lipinski definition) is 1. The standard InChI is InChI=1S/C12H18N2O2S/c1-8-3-4-14(10(5-8)12(15)16)6-11-13-9(2)7-17-11/h7-8,10H,3-6H2,1-2H3,(H,15,16). The Morgan fingerprint density at radius 1 is 1.71 bits per heavy atom. The largest absolute Gasteiger partial charge is 0.480 e. The van der Waals surface area contributed by atoms with E-state index >= 15 is 0 Å². The Morgan fingerprint density at radius 3 is 3.06 bits per heavy atom. The lowest BCUT2D eigenvalue weighted by Crippen LogP contribution is -2.46. The van der Waals surface area contributed by atoms with Crippen molar-refractivity contribution < 1.29 is 9.90 Å². The number of thiazole rings is 1. The Bertz CT molecular complexity index is 405. The van der Waals surface area contributed by atoms with Crippen LogP contribution in [0.15, 0.2) is 5.38 Å². The number of aryl methyl sites for hydroxylation is 1. The van der Waals surface area contributed by atoms with E-state index in [-0.39, 0.29) is 6.04 Å². The molecular weight excluding hydrogens is 236 g/mol. The van der Waals surface area contributed by atoms with Gasteiger partial charge in [-0.15, -0.1) is 11.3 Å². The van der Waals surface area contributed by atoms with E-state index in [1.54, 1.807) is 11.3 Å². The number of carboxylic acids is 1. The predicted octanol–water partition coefficient (Wildman–Crippen LogP) is 2.14. The van der Waals surface area contributed by atoms with E-state index in [1.165, 1.54) is 0 Å². The van der Waals surface area contributed by atoms with E-state index in [1.807, 2.05) is 17.2 Å². The fourth-order valence-corrected chi connectivity index (χ4v) is 3.08. The Morgan fingerprint density at radius 2 is 2.47 bits per heavy atom. The molecule has 1 aromatic heterocycles. The molecule has 2 heterocycles. The van der Waals surface area contributed by atoms with Crippen LogP contribution in [-0.2, 0) is 11.3 Å². The highest BCUT2D eigenvalue weighted by atomic mass is 32.1. The minimum absolute atomic E-state index is 0.344. The van der Waals surface area contributed by atoms with Crippen molar-refractivity contribution in [3.63, 3.8) is 0 Å². The Hall–Kier alpha value is -0.940. The molecule has 0 aliphatic carbocycles. The van der Waals surface area contributed by atoms with Gasteiger partial charge in [-0.3, -0.25) is 9.69 Å². The lowest BCUT2D eigenvalue weighted by atomic mass is 9.92. The molecule has 0 spiro atoms. The van der Waals surface area contributed by atoms with Crippen molar-refractivity contribution in [2.45, 2.75) is 39.3 Å². The molecule has 1 aromatic rings. The maximum Gasteiger partial charge on any atom is 0.320 e. The zero-order valence-electron chi connectivity index (χ0n) is 10.2. The zero-order chi connectivity index (χ0) is 12.4. The van der Waals surface area contributed by atoms with Crippen LogP contribution < -0.4 is 0 Å². The van der Waals surface area contributed by atoms with Gasteiger partial charge >= 0.3 is 5.97 Å². The third-order valence-corrected chi connectivity index (χ3v) is 4.22. The molecule has 94 valence electrons. The number of likely N-dealkylation sites (tertiary alicyclic amines) is 1. The number of hydrogen-bond acceptors (Lipinski definition) is 4. The summed E-state index contributed by atoms with van der Waals surface area (Å²) in [4.78, 5) is 17.7. The lowest BCUT2D eigenvalue weighted by Gasteiger charge is -2.35. The monoisotopic (exact) mass is 254 g/mol. The summed E-state index contributed by atoms with van der Waals surface area (Å²) in [5, 5.41) is 12.3. The van der Waals surface area contributed by atoms with Crippen LogP contribution in [-0.4, -0.2) is 33.5 Å². The molecule has 0 radical (unpaired) electrons. The summed E-state index contributed by atoms with van der Waals surface area (Å²) < 4.78 is 0. The van der Waals surface area contributed by atoms with Crippen LogP contribution in [0.25, 0.3) is 0 Å². The third-order valence-electron chi connectivity index (χ3n) is 3.27. The summed E-state index contributed by atoms with van der Waals surface area (Å²) in [6.07, 6.45) is 1.83. The maximum absolute atomic E-state index is 11.2. The number of carbonyl (C=O) groups is 1. The van der Waals surface area contributed by atoms with Crippen molar-refractivity contribution in [1.29, 1.82) is 0 Å². The maximum atomic E-state index is 11.2. The molecular formula is C12H18N2O2S. The first-order chi connectivity index (χ1) is 8.06. The van der Waals surface area contributed by atoms with Gasteiger partial charge < -0.3 is 5.11 Å². The van der Waals surface area contributed by atoms with Gasteiger partial charge in [0.25, 0.3) is 0 Å². The molecule has 2 atom stereocenters. The van der Waals surface area contributed by atoms with E-state index in [0.29, 0.717) is 12.5 Å². The van der Waals surface area contributed by atoms with Crippen molar-refractivity contribution in [3.8, 4) is 0 Å². The zero-order valence-corrected chi connectivity index (χ0v) is 11.0. The Balaban J connectivity index is 2.05. The number of rotatable bonds is 3. The van der Waals surface area contributed by atoms with Crippen molar-refractivity contribution >= 4 is 17.3 Å². The summed E-state index contributed by atoms with van der Waals surface area (Å²) >= 11 is 1.61. The topological polar surface area (TPSA) is 53.4 Å². The van der Waals surface area contributed by atoms with Gasteiger partial charge in [-0.05, 0) is 32.2 Å². The highest BCUT2D eigenvalue weighted by Gasteiger charge is 2.31. The number of aliphatic carboxylic acids is 1. The quantitative estimate of drug-likeness (QED) is 0.898. The van der Waals surface area contributed by atoms with Crippen LogP contribution in [0.3, 0.4) is 0 Å². The second-order valence-electron chi connectivity index (χ2n) is 4.84. The Kier molecular flexibility index (Phi) is 3.79. The van der Waals surface area contributed by atoms with Gasteiger partial charge in [0.2, 0.25) is 0 Å². The first-order valence-corrected chi connectivity index (χ1v) is 6.82. The van der Waals surface area contributed by atoms with Crippen LogP contribution in [0.5, 0.6) is 0 Å². The molecule has 0 saturated carbocycles. The summed E-state index contributed by atoms with van der Waals surface area (Å²) in [5.41, 5.74) is 1.02. The van der Waals surface area contributed by atoms with E-state index < -0.39 is 5.97 Å². The molecule has 17 heavy (non-hydrogen) atoms. The Labute approximate surface area is 105 Å². The molecule has 5 heteroatoms. The minimum atomic E-state index is -0.704. The van der Waals surface area contributed by atoms with Gasteiger partial charge in [0.1, 0.15) is 11.0 Å². The molecule has 1 aliphatic heterocycles. The number of carboxylic acid groups (broad SMARTS) is 1. The lowest BCUT2D eigenvalue weighted by molar-refractivity contribution is -0.145. The number of nitrogens with zero attached hydrogens (tertiary/aromatic N) is 2. The normalized spacial score (nSPS) is 26.0.